The van der Waals surface area contributed by atoms with Crippen LogP contribution in [0, 0.1) is 6.92 Å². The van der Waals surface area contributed by atoms with Crippen LogP contribution < -0.4 is 11.1 Å². The lowest BCUT2D eigenvalue weighted by Gasteiger charge is -2.17. The van der Waals surface area contributed by atoms with Crippen molar-refractivity contribution in [3.63, 3.8) is 0 Å². The molecule has 1 amide bonds. The van der Waals surface area contributed by atoms with Gasteiger partial charge < -0.3 is 11.1 Å². The number of carbonyl (C=O) groups is 1. The Hall–Kier alpha value is -2.33. The summed E-state index contributed by atoms with van der Waals surface area (Å²) in [5, 5.41) is 2.91. The maximum atomic E-state index is 12.1. The number of hydrogen-bond donors (Lipinski definition) is 2. The summed E-state index contributed by atoms with van der Waals surface area (Å²) in [6, 6.07) is 15.6. The Morgan fingerprint density at radius 1 is 1.19 bits per heavy atom. The summed E-state index contributed by atoms with van der Waals surface area (Å²) in [4.78, 5) is 14.1. The molecule has 0 fully saturated rings. The number of nitrogens with two attached hydrogens (primary N) is 1. The predicted octanol–water partition coefficient (Wildman–Crippen LogP) is 2.65. The molecule has 110 valence electrons. The van der Waals surface area contributed by atoms with Crippen LogP contribution in [0.15, 0.2) is 48.5 Å². The molecule has 4 heteroatoms. The summed E-state index contributed by atoms with van der Waals surface area (Å²) in [5.74, 6) is -0.0397. The molecule has 0 bridgehead atoms. The van der Waals surface area contributed by atoms with Crippen molar-refractivity contribution < 1.29 is 4.79 Å². The molecule has 0 saturated heterocycles. The molecule has 2 aromatic rings. The molecule has 0 aromatic heterocycles. The van der Waals surface area contributed by atoms with Crippen LogP contribution >= 0.6 is 0 Å². The summed E-state index contributed by atoms with van der Waals surface area (Å²) in [6.07, 6.45) is 0. The highest BCUT2D eigenvalue weighted by atomic mass is 16.2. The van der Waals surface area contributed by atoms with E-state index in [9.17, 15) is 4.79 Å². The van der Waals surface area contributed by atoms with E-state index < -0.39 is 0 Å². The van der Waals surface area contributed by atoms with Gasteiger partial charge in [-0.3, -0.25) is 9.69 Å². The molecule has 0 heterocycles. The first-order valence-corrected chi connectivity index (χ1v) is 6.93. The van der Waals surface area contributed by atoms with Gasteiger partial charge in [0.2, 0.25) is 5.91 Å². The second-order valence-electron chi connectivity index (χ2n) is 5.28. The zero-order chi connectivity index (χ0) is 15.2. The Morgan fingerprint density at radius 3 is 2.62 bits per heavy atom. The summed E-state index contributed by atoms with van der Waals surface area (Å²) in [6.45, 7) is 3.02. The Balaban J connectivity index is 1.91. The summed E-state index contributed by atoms with van der Waals surface area (Å²) in [5.41, 5.74) is 9.35. The van der Waals surface area contributed by atoms with E-state index in [2.05, 4.69) is 17.4 Å². The lowest BCUT2D eigenvalue weighted by Crippen LogP contribution is -2.30. The number of rotatable bonds is 5. The molecule has 0 radical (unpaired) electrons. The third kappa shape index (κ3) is 4.61. The van der Waals surface area contributed by atoms with Crippen LogP contribution in [0.5, 0.6) is 0 Å². The van der Waals surface area contributed by atoms with Crippen molar-refractivity contribution in [3.8, 4) is 0 Å². The first-order valence-electron chi connectivity index (χ1n) is 6.93. The van der Waals surface area contributed by atoms with Crippen LogP contribution in [0.3, 0.4) is 0 Å². The van der Waals surface area contributed by atoms with Gasteiger partial charge in [0, 0.05) is 17.9 Å². The van der Waals surface area contributed by atoms with Crippen molar-refractivity contribution in [3.05, 3.63) is 59.7 Å². The normalized spacial score (nSPS) is 10.6. The van der Waals surface area contributed by atoms with Gasteiger partial charge in [-0.05, 0) is 37.2 Å². The lowest BCUT2D eigenvalue weighted by atomic mass is 10.2. The fraction of sp³-hybridized carbons (Fsp3) is 0.235. The SMILES string of the molecule is Cc1ccc(N)cc1NC(=O)CN(C)Cc1ccccc1. The Morgan fingerprint density at radius 2 is 1.90 bits per heavy atom. The number of nitrogens with one attached hydrogen (secondary N) is 1. The average Bonchev–Trinajstić information content (AvgIpc) is 2.43. The van der Waals surface area contributed by atoms with Gasteiger partial charge in [0.05, 0.1) is 6.54 Å². The average molecular weight is 283 g/mol. The molecule has 0 saturated carbocycles. The largest absolute Gasteiger partial charge is 0.399 e. The van der Waals surface area contributed by atoms with E-state index in [4.69, 9.17) is 5.73 Å². The van der Waals surface area contributed by atoms with E-state index in [1.54, 1.807) is 6.07 Å². The maximum Gasteiger partial charge on any atom is 0.238 e. The number of likely N-dealkylation sites (N-methyl/N-ethyl adjacent to an activating group) is 1. The zero-order valence-corrected chi connectivity index (χ0v) is 12.5. The van der Waals surface area contributed by atoms with Crippen LogP contribution in [0.25, 0.3) is 0 Å². The Bertz CT molecular complexity index is 611. The number of benzene rings is 2. The standard InChI is InChI=1S/C17H21N3O/c1-13-8-9-15(18)10-16(13)19-17(21)12-20(2)11-14-6-4-3-5-7-14/h3-10H,11-12,18H2,1-2H3,(H,19,21). The Labute approximate surface area is 125 Å². The number of anilines is 2. The molecule has 2 rings (SSSR count). The van der Waals surface area contributed by atoms with Crippen LogP contribution in [-0.2, 0) is 11.3 Å². The second-order valence-corrected chi connectivity index (χ2v) is 5.28. The van der Waals surface area contributed by atoms with Gasteiger partial charge in [0.15, 0.2) is 0 Å². The van der Waals surface area contributed by atoms with Gasteiger partial charge in [-0.2, -0.15) is 0 Å². The van der Waals surface area contributed by atoms with Crippen molar-refractivity contribution in [1.82, 2.24) is 4.90 Å². The maximum absolute atomic E-state index is 12.1. The van der Waals surface area contributed by atoms with E-state index in [-0.39, 0.29) is 5.91 Å². The quantitative estimate of drug-likeness (QED) is 0.829. The highest BCUT2D eigenvalue weighted by Crippen LogP contribution is 2.18. The monoisotopic (exact) mass is 283 g/mol. The summed E-state index contributed by atoms with van der Waals surface area (Å²) in [7, 11) is 1.93. The van der Waals surface area contributed by atoms with Gasteiger partial charge in [0.1, 0.15) is 0 Å². The number of carbonyl (C=O) groups excluding carboxylic acids is 1. The number of nitrogens with zero attached hydrogens (tertiary/aromatic N) is 1. The van der Waals surface area contributed by atoms with Gasteiger partial charge >= 0.3 is 0 Å². The van der Waals surface area contributed by atoms with Gasteiger partial charge in [-0.1, -0.05) is 36.4 Å². The van der Waals surface area contributed by atoms with Crippen molar-refractivity contribution >= 4 is 17.3 Å². The van der Waals surface area contributed by atoms with Crippen LogP contribution in [0.2, 0.25) is 0 Å². The number of hydrogen-bond acceptors (Lipinski definition) is 3. The fourth-order valence-corrected chi connectivity index (χ4v) is 2.16. The van der Waals surface area contributed by atoms with Gasteiger partial charge in [-0.25, -0.2) is 0 Å². The first kappa shape index (κ1) is 15.1. The highest BCUT2D eigenvalue weighted by Gasteiger charge is 2.09. The van der Waals surface area contributed by atoms with Gasteiger partial charge in [-0.15, -0.1) is 0 Å². The lowest BCUT2D eigenvalue weighted by molar-refractivity contribution is -0.117. The van der Waals surface area contributed by atoms with E-state index in [0.717, 1.165) is 17.8 Å². The molecule has 0 atom stereocenters. The van der Waals surface area contributed by atoms with E-state index in [1.165, 1.54) is 5.56 Å². The molecule has 4 nitrogen and oxygen atoms in total. The van der Waals surface area contributed by atoms with Crippen molar-refractivity contribution in [2.75, 3.05) is 24.6 Å². The van der Waals surface area contributed by atoms with Crippen LogP contribution in [-0.4, -0.2) is 24.4 Å². The molecule has 0 aliphatic rings. The zero-order valence-electron chi connectivity index (χ0n) is 12.5. The minimum atomic E-state index is -0.0397. The first-order chi connectivity index (χ1) is 10.0. The molecule has 0 spiro atoms. The third-order valence-electron chi connectivity index (χ3n) is 3.24. The number of nitrogen functional groups attached to an aromatic ring is 1. The molecular formula is C17H21N3O. The number of amides is 1. The van der Waals surface area contributed by atoms with Crippen molar-refractivity contribution in [2.45, 2.75) is 13.5 Å². The van der Waals surface area contributed by atoms with E-state index >= 15 is 0 Å². The highest BCUT2D eigenvalue weighted by molar-refractivity contribution is 5.93. The smallest absolute Gasteiger partial charge is 0.238 e. The van der Waals surface area contributed by atoms with Crippen LogP contribution in [0.1, 0.15) is 11.1 Å². The molecule has 2 aromatic carbocycles. The van der Waals surface area contributed by atoms with Crippen molar-refractivity contribution in [2.24, 2.45) is 0 Å². The molecule has 21 heavy (non-hydrogen) atoms. The topological polar surface area (TPSA) is 58.4 Å². The molecule has 0 aliphatic heterocycles. The summed E-state index contributed by atoms with van der Waals surface area (Å²) >= 11 is 0. The summed E-state index contributed by atoms with van der Waals surface area (Å²) < 4.78 is 0. The van der Waals surface area contributed by atoms with Crippen molar-refractivity contribution in [1.29, 1.82) is 0 Å². The van der Waals surface area contributed by atoms with E-state index in [1.807, 2.05) is 49.2 Å². The van der Waals surface area contributed by atoms with Gasteiger partial charge in [0.25, 0.3) is 0 Å². The predicted molar refractivity (Wildman–Crippen MR) is 87.0 cm³/mol. The Kier molecular flexibility index (Phi) is 4.95. The molecule has 0 aliphatic carbocycles. The van der Waals surface area contributed by atoms with E-state index in [0.29, 0.717) is 12.2 Å². The minimum Gasteiger partial charge on any atom is -0.399 e. The molecule has 3 N–H and O–H groups in total. The van der Waals surface area contributed by atoms with Crippen LogP contribution in [0.4, 0.5) is 11.4 Å². The fourth-order valence-electron chi connectivity index (χ4n) is 2.16. The second kappa shape index (κ2) is 6.90. The molecule has 0 unspecified atom stereocenters. The molecular weight excluding hydrogens is 262 g/mol. The minimum absolute atomic E-state index is 0.0397. The third-order valence-corrected chi connectivity index (χ3v) is 3.24. The number of aryl methyl sites for hydroxylation is 1.